The van der Waals surface area contributed by atoms with Crippen molar-refractivity contribution in [3.05, 3.63) is 70.1 Å². The van der Waals surface area contributed by atoms with Crippen molar-refractivity contribution in [3.63, 3.8) is 0 Å². The molecule has 3 N–H and O–H groups in total. The number of aliphatic hydroxyl groups is 3. The molecule has 0 radical (unpaired) electrons. The van der Waals surface area contributed by atoms with Gasteiger partial charge in [0.1, 0.15) is 12.2 Å². The molecule has 1 aromatic heterocycles. The van der Waals surface area contributed by atoms with Crippen LogP contribution in [0.4, 0.5) is 0 Å². The Morgan fingerprint density at radius 2 is 1.93 bits per heavy atom. The van der Waals surface area contributed by atoms with Gasteiger partial charge in [0.25, 0.3) is 0 Å². The van der Waals surface area contributed by atoms with Crippen molar-refractivity contribution in [3.8, 4) is 0 Å². The first-order valence-electron chi connectivity index (χ1n) is 9.24. The lowest BCUT2D eigenvalue weighted by Gasteiger charge is -2.37. The minimum atomic E-state index is -0.994. The molecule has 27 heavy (non-hydrogen) atoms. The van der Waals surface area contributed by atoms with Crippen molar-refractivity contribution in [2.24, 2.45) is 0 Å². The molecule has 142 valence electrons. The highest BCUT2D eigenvalue weighted by atomic mass is 32.1. The summed E-state index contributed by atoms with van der Waals surface area (Å²) in [6.07, 6.45) is -1.93. The molecule has 0 bridgehead atoms. The van der Waals surface area contributed by atoms with E-state index in [0.717, 1.165) is 23.1 Å². The van der Waals surface area contributed by atoms with Crippen LogP contribution in [0.5, 0.6) is 0 Å². The van der Waals surface area contributed by atoms with Gasteiger partial charge in [0.05, 0.1) is 18.8 Å². The van der Waals surface area contributed by atoms with E-state index in [1.807, 2.05) is 19.1 Å². The molecule has 0 spiro atoms. The first-order valence-corrected chi connectivity index (χ1v) is 10.1. The van der Waals surface area contributed by atoms with Crippen LogP contribution in [0, 0.1) is 6.92 Å². The summed E-state index contributed by atoms with van der Waals surface area (Å²) in [6, 6.07) is 16.8. The van der Waals surface area contributed by atoms with Gasteiger partial charge in [-0.3, -0.25) is 0 Å². The molecule has 4 rings (SSSR count). The predicted molar refractivity (Wildman–Crippen MR) is 107 cm³/mol. The lowest BCUT2D eigenvalue weighted by Crippen LogP contribution is -2.44. The highest BCUT2D eigenvalue weighted by molar-refractivity contribution is 7.19. The number of rotatable bonds is 4. The Bertz CT molecular complexity index is 902. The van der Waals surface area contributed by atoms with Gasteiger partial charge in [0.15, 0.2) is 0 Å². The molecule has 2 aromatic carbocycles. The van der Waals surface area contributed by atoms with E-state index in [2.05, 4.69) is 36.4 Å². The van der Waals surface area contributed by atoms with E-state index in [1.54, 1.807) is 11.3 Å². The van der Waals surface area contributed by atoms with Crippen molar-refractivity contribution >= 4 is 21.4 Å². The first-order chi connectivity index (χ1) is 13.0. The molecule has 2 heterocycles. The van der Waals surface area contributed by atoms with E-state index in [9.17, 15) is 15.3 Å². The van der Waals surface area contributed by atoms with Gasteiger partial charge in [-0.25, -0.2) is 0 Å². The van der Waals surface area contributed by atoms with Crippen molar-refractivity contribution in [2.45, 2.75) is 44.2 Å². The molecular weight excluding hydrogens is 360 g/mol. The highest BCUT2D eigenvalue weighted by Crippen LogP contribution is 2.35. The zero-order valence-electron chi connectivity index (χ0n) is 15.2. The largest absolute Gasteiger partial charge is 0.394 e. The Morgan fingerprint density at radius 1 is 1.11 bits per heavy atom. The van der Waals surface area contributed by atoms with Crippen LogP contribution in [0.1, 0.15) is 34.1 Å². The van der Waals surface area contributed by atoms with Gasteiger partial charge in [0, 0.05) is 22.4 Å². The highest BCUT2D eigenvalue weighted by Gasteiger charge is 2.38. The number of aryl methyl sites for hydroxylation is 1. The van der Waals surface area contributed by atoms with E-state index in [4.69, 9.17) is 4.74 Å². The molecule has 3 unspecified atom stereocenters. The maximum Gasteiger partial charge on any atom is 0.112 e. The van der Waals surface area contributed by atoms with Crippen LogP contribution in [0.3, 0.4) is 0 Å². The standard InChI is InChI=1S/C22H24O4S/c1-13-6-7-14(8-17-10-15-4-2-3-5-20(15)27-17)9-18(13)22-21(25)19(24)11-16(12-23)26-22/h2-7,9-10,16,19,21-25H,8,11-12H2,1H3/t16?,19?,21-,22?/m1/s1. The van der Waals surface area contributed by atoms with E-state index in [0.29, 0.717) is 0 Å². The van der Waals surface area contributed by atoms with Crippen LogP contribution in [0.2, 0.25) is 0 Å². The third-order valence-electron chi connectivity index (χ3n) is 5.26. The minimum Gasteiger partial charge on any atom is -0.394 e. The van der Waals surface area contributed by atoms with Gasteiger partial charge in [0.2, 0.25) is 0 Å². The number of benzene rings is 2. The van der Waals surface area contributed by atoms with Crippen LogP contribution in [-0.2, 0) is 11.2 Å². The Balaban J connectivity index is 1.62. The average Bonchev–Trinajstić information content (AvgIpc) is 3.08. The van der Waals surface area contributed by atoms with Crippen LogP contribution >= 0.6 is 11.3 Å². The molecule has 5 heteroatoms. The van der Waals surface area contributed by atoms with Gasteiger partial charge in [-0.2, -0.15) is 0 Å². The van der Waals surface area contributed by atoms with E-state index >= 15 is 0 Å². The normalized spacial score (nSPS) is 25.8. The van der Waals surface area contributed by atoms with Crippen molar-refractivity contribution < 1.29 is 20.1 Å². The second kappa shape index (κ2) is 7.70. The predicted octanol–water partition coefficient (Wildman–Crippen LogP) is 3.34. The molecule has 0 aliphatic carbocycles. The molecule has 1 aliphatic heterocycles. The lowest BCUT2D eigenvalue weighted by atomic mass is 9.89. The van der Waals surface area contributed by atoms with Crippen LogP contribution in [0.25, 0.3) is 10.1 Å². The summed E-state index contributed by atoms with van der Waals surface area (Å²) in [4.78, 5) is 1.28. The smallest absolute Gasteiger partial charge is 0.112 e. The maximum absolute atomic E-state index is 10.4. The zero-order valence-corrected chi connectivity index (χ0v) is 16.0. The summed E-state index contributed by atoms with van der Waals surface area (Å²) < 4.78 is 7.16. The van der Waals surface area contributed by atoms with Gasteiger partial charge < -0.3 is 20.1 Å². The van der Waals surface area contributed by atoms with Crippen molar-refractivity contribution in [1.82, 2.24) is 0 Å². The molecule has 1 aliphatic rings. The topological polar surface area (TPSA) is 69.9 Å². The minimum absolute atomic E-state index is 0.166. The summed E-state index contributed by atoms with van der Waals surface area (Å²) in [5, 5.41) is 31.3. The quantitative estimate of drug-likeness (QED) is 0.645. The fraction of sp³-hybridized carbons (Fsp3) is 0.364. The Kier molecular flexibility index (Phi) is 5.30. The second-order valence-electron chi connectivity index (χ2n) is 7.27. The van der Waals surface area contributed by atoms with E-state index in [-0.39, 0.29) is 13.0 Å². The van der Waals surface area contributed by atoms with Crippen molar-refractivity contribution in [2.75, 3.05) is 6.61 Å². The Morgan fingerprint density at radius 3 is 2.70 bits per heavy atom. The first kappa shape index (κ1) is 18.6. The zero-order chi connectivity index (χ0) is 19.0. The molecule has 1 saturated heterocycles. The monoisotopic (exact) mass is 384 g/mol. The third kappa shape index (κ3) is 3.79. The number of hydrogen-bond donors (Lipinski definition) is 3. The molecule has 0 saturated carbocycles. The van der Waals surface area contributed by atoms with Crippen molar-refractivity contribution in [1.29, 1.82) is 0 Å². The van der Waals surface area contributed by atoms with Crippen LogP contribution in [-0.4, -0.2) is 40.2 Å². The fourth-order valence-electron chi connectivity index (χ4n) is 3.76. The number of hydrogen-bond acceptors (Lipinski definition) is 5. The number of aliphatic hydroxyl groups excluding tert-OH is 3. The van der Waals surface area contributed by atoms with Crippen LogP contribution < -0.4 is 0 Å². The summed E-state index contributed by atoms with van der Waals surface area (Å²) in [5.41, 5.74) is 3.02. The Labute approximate surface area is 162 Å². The van der Waals surface area contributed by atoms with E-state index in [1.165, 1.54) is 15.0 Å². The van der Waals surface area contributed by atoms with E-state index < -0.39 is 24.4 Å². The molecule has 3 aromatic rings. The SMILES string of the molecule is Cc1ccc(Cc2cc3ccccc3s2)cc1C1OC(CO)CC(O)[C@H]1O. The molecule has 0 amide bonds. The third-order valence-corrected chi connectivity index (χ3v) is 6.37. The summed E-state index contributed by atoms with van der Waals surface area (Å²) in [6.45, 7) is 1.81. The van der Waals surface area contributed by atoms with Gasteiger partial charge >= 0.3 is 0 Å². The molecule has 4 nitrogen and oxygen atoms in total. The lowest BCUT2D eigenvalue weighted by molar-refractivity contribution is -0.179. The summed E-state index contributed by atoms with van der Waals surface area (Å²) in [5.74, 6) is 0. The number of ether oxygens (including phenoxy) is 1. The molecular formula is C22H24O4S. The van der Waals surface area contributed by atoms with Gasteiger partial charge in [-0.15, -0.1) is 11.3 Å². The Hall–Kier alpha value is -1.76. The van der Waals surface area contributed by atoms with Gasteiger partial charge in [-0.1, -0.05) is 36.4 Å². The molecule has 1 fully saturated rings. The summed E-state index contributed by atoms with van der Waals surface area (Å²) >= 11 is 1.79. The average molecular weight is 384 g/mol. The van der Waals surface area contributed by atoms with Gasteiger partial charge in [-0.05, 0) is 41.1 Å². The number of fused-ring (bicyclic) bond motifs is 1. The fourth-order valence-corrected chi connectivity index (χ4v) is 4.86. The maximum atomic E-state index is 10.4. The van der Waals surface area contributed by atoms with Crippen LogP contribution in [0.15, 0.2) is 48.5 Å². The molecule has 4 atom stereocenters. The second-order valence-corrected chi connectivity index (χ2v) is 8.44. The number of thiophene rings is 1. The summed E-state index contributed by atoms with van der Waals surface area (Å²) in [7, 11) is 0.